The number of halogens is 3. The first kappa shape index (κ1) is 18.0. The van der Waals surface area contributed by atoms with Crippen LogP contribution in [0.25, 0.3) is 0 Å². The second kappa shape index (κ2) is 7.84. The van der Waals surface area contributed by atoms with Crippen molar-refractivity contribution in [3.05, 3.63) is 23.2 Å². The van der Waals surface area contributed by atoms with Crippen LogP contribution in [-0.2, 0) is 13.1 Å². The van der Waals surface area contributed by atoms with E-state index in [1.54, 1.807) is 11.9 Å². The zero-order valence-corrected chi connectivity index (χ0v) is 13.2. The Morgan fingerprint density at radius 1 is 1.33 bits per heavy atom. The summed E-state index contributed by atoms with van der Waals surface area (Å²) in [5.41, 5.74) is 1.03. The average Bonchev–Trinajstić information content (AvgIpc) is 2.66. The van der Waals surface area contributed by atoms with Gasteiger partial charge < -0.3 is 9.73 Å². The van der Waals surface area contributed by atoms with Gasteiger partial charge in [0.2, 0.25) is 0 Å². The predicted molar refractivity (Wildman–Crippen MR) is 77.0 cm³/mol. The molecule has 6 heteroatoms. The normalized spacial score (nSPS) is 12.6. The highest BCUT2D eigenvalue weighted by molar-refractivity contribution is 5.20. The Balaban J connectivity index is 2.45. The molecular weight excluding hydrogens is 281 g/mol. The van der Waals surface area contributed by atoms with Gasteiger partial charge in [0.05, 0.1) is 19.5 Å². The zero-order chi connectivity index (χ0) is 16.0. The Kier molecular flexibility index (Phi) is 6.74. The minimum absolute atomic E-state index is 0.0236. The van der Waals surface area contributed by atoms with Gasteiger partial charge in [-0.15, -0.1) is 0 Å². The summed E-state index contributed by atoms with van der Waals surface area (Å²) in [7, 11) is 1.67. The van der Waals surface area contributed by atoms with Crippen molar-refractivity contribution in [1.82, 2.24) is 10.2 Å². The van der Waals surface area contributed by atoms with Gasteiger partial charge in [0.15, 0.2) is 0 Å². The van der Waals surface area contributed by atoms with Gasteiger partial charge in [-0.05, 0) is 38.1 Å². The molecule has 122 valence electrons. The fourth-order valence-electron chi connectivity index (χ4n) is 1.98. The summed E-state index contributed by atoms with van der Waals surface area (Å²) in [5.74, 6) is 2.13. The third kappa shape index (κ3) is 7.52. The molecule has 0 aliphatic rings. The Hall–Kier alpha value is -1.01. The molecule has 1 aromatic heterocycles. The summed E-state index contributed by atoms with van der Waals surface area (Å²) >= 11 is 0. The van der Waals surface area contributed by atoms with E-state index in [2.05, 4.69) is 19.2 Å². The van der Waals surface area contributed by atoms with E-state index in [4.69, 9.17) is 4.42 Å². The molecule has 1 N–H and O–H groups in total. The lowest BCUT2D eigenvalue weighted by atomic mass is 10.2. The highest BCUT2D eigenvalue weighted by atomic mass is 19.4. The van der Waals surface area contributed by atoms with Crippen molar-refractivity contribution in [2.24, 2.45) is 5.92 Å². The molecule has 0 saturated heterocycles. The standard InChI is InChI=1S/C15H25F3N2O/c1-11(2)8-19-9-14-12(3)7-13(21-14)10-20(4)6-5-15(16,17)18/h7,11,19H,5-6,8-10H2,1-4H3. The van der Waals surface area contributed by atoms with Crippen LogP contribution in [0.3, 0.4) is 0 Å². The van der Waals surface area contributed by atoms with E-state index in [1.165, 1.54) is 0 Å². The molecular formula is C15H25F3N2O. The fourth-order valence-corrected chi connectivity index (χ4v) is 1.98. The van der Waals surface area contributed by atoms with Crippen LogP contribution in [0, 0.1) is 12.8 Å². The molecule has 1 heterocycles. The summed E-state index contributed by atoms with van der Waals surface area (Å²) in [4.78, 5) is 1.62. The largest absolute Gasteiger partial charge is 0.463 e. The Bertz CT molecular complexity index is 427. The smallest absolute Gasteiger partial charge is 0.390 e. The van der Waals surface area contributed by atoms with Crippen LogP contribution < -0.4 is 5.32 Å². The van der Waals surface area contributed by atoms with Crippen LogP contribution in [-0.4, -0.2) is 31.2 Å². The summed E-state index contributed by atoms with van der Waals surface area (Å²) in [5, 5.41) is 3.30. The van der Waals surface area contributed by atoms with E-state index >= 15 is 0 Å². The van der Waals surface area contributed by atoms with Crippen LogP contribution in [0.5, 0.6) is 0 Å². The molecule has 3 nitrogen and oxygen atoms in total. The monoisotopic (exact) mass is 306 g/mol. The minimum atomic E-state index is -4.11. The van der Waals surface area contributed by atoms with Crippen LogP contribution in [0.1, 0.15) is 37.4 Å². The van der Waals surface area contributed by atoms with Gasteiger partial charge in [-0.2, -0.15) is 13.2 Å². The Morgan fingerprint density at radius 2 is 2.00 bits per heavy atom. The van der Waals surface area contributed by atoms with E-state index in [-0.39, 0.29) is 6.54 Å². The molecule has 0 bridgehead atoms. The van der Waals surface area contributed by atoms with Gasteiger partial charge >= 0.3 is 6.18 Å². The second-order valence-corrected chi connectivity index (χ2v) is 5.95. The highest BCUT2D eigenvalue weighted by Crippen LogP contribution is 2.21. The molecule has 0 aromatic carbocycles. The van der Waals surface area contributed by atoms with Crippen molar-refractivity contribution in [2.45, 2.75) is 46.5 Å². The Morgan fingerprint density at radius 3 is 2.57 bits per heavy atom. The molecule has 0 amide bonds. The maximum atomic E-state index is 12.2. The lowest BCUT2D eigenvalue weighted by Crippen LogP contribution is -2.23. The topological polar surface area (TPSA) is 28.4 Å². The van der Waals surface area contributed by atoms with Crippen molar-refractivity contribution in [3.63, 3.8) is 0 Å². The Labute approximate surface area is 124 Å². The number of furan rings is 1. The van der Waals surface area contributed by atoms with Crippen molar-refractivity contribution in [2.75, 3.05) is 20.1 Å². The summed E-state index contributed by atoms with van der Waals surface area (Å²) in [6.45, 7) is 8.13. The van der Waals surface area contributed by atoms with Gasteiger partial charge in [0, 0.05) is 6.54 Å². The molecule has 1 aromatic rings. The van der Waals surface area contributed by atoms with Gasteiger partial charge in [-0.25, -0.2) is 0 Å². The SMILES string of the molecule is Cc1cc(CN(C)CCC(F)(F)F)oc1CNCC(C)C. The van der Waals surface area contributed by atoms with E-state index in [0.29, 0.717) is 24.8 Å². The van der Waals surface area contributed by atoms with E-state index < -0.39 is 12.6 Å². The molecule has 0 fully saturated rings. The molecule has 0 saturated carbocycles. The van der Waals surface area contributed by atoms with Crippen LogP contribution >= 0.6 is 0 Å². The highest BCUT2D eigenvalue weighted by Gasteiger charge is 2.27. The lowest BCUT2D eigenvalue weighted by Gasteiger charge is -2.16. The maximum Gasteiger partial charge on any atom is 0.390 e. The molecule has 0 aliphatic heterocycles. The minimum Gasteiger partial charge on any atom is -0.463 e. The van der Waals surface area contributed by atoms with Crippen molar-refractivity contribution < 1.29 is 17.6 Å². The number of aryl methyl sites for hydroxylation is 1. The summed E-state index contributed by atoms with van der Waals surface area (Å²) in [6.07, 6.45) is -4.91. The zero-order valence-electron chi connectivity index (χ0n) is 13.2. The molecule has 0 aliphatic carbocycles. The van der Waals surface area contributed by atoms with Crippen LogP contribution in [0.2, 0.25) is 0 Å². The lowest BCUT2D eigenvalue weighted by molar-refractivity contribution is -0.137. The number of hydrogen-bond donors (Lipinski definition) is 1. The second-order valence-electron chi connectivity index (χ2n) is 5.95. The number of nitrogens with zero attached hydrogens (tertiary/aromatic N) is 1. The molecule has 0 unspecified atom stereocenters. The molecule has 1 rings (SSSR count). The third-order valence-electron chi connectivity index (χ3n) is 3.11. The summed E-state index contributed by atoms with van der Waals surface area (Å²) in [6, 6.07) is 1.90. The summed E-state index contributed by atoms with van der Waals surface area (Å²) < 4.78 is 42.2. The molecule has 0 atom stereocenters. The average molecular weight is 306 g/mol. The van der Waals surface area contributed by atoms with Gasteiger partial charge in [-0.1, -0.05) is 13.8 Å². The van der Waals surface area contributed by atoms with Gasteiger partial charge in [0.25, 0.3) is 0 Å². The molecule has 0 spiro atoms. The first-order valence-electron chi connectivity index (χ1n) is 7.21. The first-order valence-corrected chi connectivity index (χ1v) is 7.21. The van der Waals surface area contributed by atoms with E-state index in [0.717, 1.165) is 17.9 Å². The maximum absolute atomic E-state index is 12.2. The van der Waals surface area contributed by atoms with Gasteiger partial charge in [-0.3, -0.25) is 4.90 Å². The van der Waals surface area contributed by atoms with Crippen LogP contribution in [0.15, 0.2) is 10.5 Å². The first-order chi connectivity index (χ1) is 9.67. The van der Waals surface area contributed by atoms with Gasteiger partial charge in [0.1, 0.15) is 11.5 Å². The van der Waals surface area contributed by atoms with Crippen LogP contribution in [0.4, 0.5) is 13.2 Å². The van der Waals surface area contributed by atoms with E-state index in [9.17, 15) is 13.2 Å². The number of rotatable bonds is 8. The van der Waals surface area contributed by atoms with Crippen molar-refractivity contribution in [1.29, 1.82) is 0 Å². The third-order valence-corrected chi connectivity index (χ3v) is 3.11. The van der Waals surface area contributed by atoms with E-state index in [1.807, 2.05) is 13.0 Å². The predicted octanol–water partition coefficient (Wildman–Crippen LogP) is 3.72. The number of alkyl halides is 3. The molecule has 0 radical (unpaired) electrons. The van der Waals surface area contributed by atoms with Crippen molar-refractivity contribution in [3.8, 4) is 0 Å². The molecule has 21 heavy (non-hydrogen) atoms. The number of nitrogens with one attached hydrogen (secondary N) is 1. The fraction of sp³-hybridized carbons (Fsp3) is 0.733. The number of hydrogen-bond acceptors (Lipinski definition) is 3. The quantitative estimate of drug-likeness (QED) is 0.793. The van der Waals surface area contributed by atoms with Crippen molar-refractivity contribution >= 4 is 0 Å².